The molecule has 5 nitrogen and oxygen atoms in total. The second-order valence-corrected chi connectivity index (χ2v) is 8.32. The van der Waals surface area contributed by atoms with Gasteiger partial charge in [0.15, 0.2) is 6.67 Å². The van der Waals surface area contributed by atoms with Crippen LogP contribution in [0.3, 0.4) is 0 Å². The van der Waals surface area contributed by atoms with Crippen molar-refractivity contribution in [3.05, 3.63) is 72.3 Å². The van der Waals surface area contributed by atoms with Crippen LogP contribution in [0.2, 0.25) is 0 Å². The Bertz CT molecular complexity index is 1130. The molecule has 2 aliphatic heterocycles. The molecule has 0 radical (unpaired) electrons. The molecule has 5 heteroatoms. The second kappa shape index (κ2) is 7.67. The van der Waals surface area contributed by atoms with Crippen molar-refractivity contribution in [1.29, 1.82) is 0 Å². The molecule has 1 N–H and O–H groups in total. The quantitative estimate of drug-likeness (QED) is 0.735. The lowest BCUT2D eigenvalue weighted by Gasteiger charge is -2.34. The fourth-order valence-corrected chi connectivity index (χ4v) is 4.64. The van der Waals surface area contributed by atoms with Gasteiger partial charge in [0.05, 0.1) is 11.4 Å². The van der Waals surface area contributed by atoms with Gasteiger partial charge in [0.1, 0.15) is 31.0 Å². The fraction of sp³-hybridized carbons (Fsp3) is 0.280. The number of nitrogens with one attached hydrogen (secondary N) is 1. The normalized spacial score (nSPS) is 25.1. The Morgan fingerprint density at radius 3 is 2.47 bits per heavy atom. The van der Waals surface area contributed by atoms with Crippen LogP contribution in [0, 0.1) is 0 Å². The van der Waals surface area contributed by atoms with E-state index in [0.29, 0.717) is 12.4 Å². The summed E-state index contributed by atoms with van der Waals surface area (Å²) in [5.41, 5.74) is 3.18. The van der Waals surface area contributed by atoms with Gasteiger partial charge in [-0.15, -0.1) is 0 Å². The highest BCUT2D eigenvalue weighted by Gasteiger charge is 2.37. The average Bonchev–Trinajstić information content (AvgIpc) is 2.99. The third kappa shape index (κ3) is 3.51. The number of ether oxygens (including phenoxy) is 1. The number of benzene rings is 3. The summed E-state index contributed by atoms with van der Waals surface area (Å²) >= 11 is 0. The van der Waals surface area contributed by atoms with Gasteiger partial charge in [0.25, 0.3) is 5.91 Å². The summed E-state index contributed by atoms with van der Waals surface area (Å²) in [6.45, 7) is 6.62. The van der Waals surface area contributed by atoms with E-state index in [0.717, 1.165) is 35.4 Å². The maximum atomic E-state index is 13.4. The van der Waals surface area contributed by atoms with Gasteiger partial charge in [-0.1, -0.05) is 48.5 Å². The number of nitrogens with zero attached hydrogens (tertiary/aromatic N) is 2. The van der Waals surface area contributed by atoms with Crippen LogP contribution >= 0.6 is 0 Å². The third-order valence-corrected chi connectivity index (χ3v) is 5.87. The molecule has 3 aromatic carbocycles. The first-order chi connectivity index (χ1) is 14.6. The summed E-state index contributed by atoms with van der Waals surface area (Å²) in [5.74, 6) is -0.0244. The van der Waals surface area contributed by atoms with Crippen LogP contribution in [0.15, 0.2) is 71.7 Å². The van der Waals surface area contributed by atoms with E-state index in [1.54, 1.807) is 0 Å². The fourth-order valence-electron chi connectivity index (χ4n) is 4.64. The van der Waals surface area contributed by atoms with Crippen LogP contribution in [0.25, 0.3) is 10.8 Å². The molecule has 1 saturated heterocycles. The maximum absolute atomic E-state index is 13.4. The number of para-hydroxylation sites is 1. The molecule has 0 aliphatic carbocycles. The number of rotatable bonds is 3. The highest BCUT2D eigenvalue weighted by atomic mass is 16.5. The van der Waals surface area contributed by atoms with Crippen LogP contribution in [0.5, 0.6) is 0 Å². The van der Waals surface area contributed by atoms with Crippen molar-refractivity contribution in [2.45, 2.75) is 26.1 Å². The van der Waals surface area contributed by atoms with Gasteiger partial charge in [0.2, 0.25) is 0 Å². The SMILES string of the molecule is C[C@@H]1C[NH+](CN2C(=O)C(=Nc3ccc4ccccc4c3)c3ccccc32)C[C@@H](C)O1. The Morgan fingerprint density at radius 2 is 1.67 bits per heavy atom. The number of fused-ring (bicyclic) bond motifs is 2. The summed E-state index contributed by atoms with van der Waals surface area (Å²) in [6.07, 6.45) is 0.393. The van der Waals surface area contributed by atoms with Gasteiger partial charge in [-0.25, -0.2) is 4.99 Å². The van der Waals surface area contributed by atoms with Crippen LogP contribution in [-0.4, -0.2) is 43.6 Å². The molecule has 2 aliphatic rings. The Kier molecular flexibility index (Phi) is 4.85. The van der Waals surface area contributed by atoms with Crippen molar-refractivity contribution in [1.82, 2.24) is 0 Å². The number of hydrogen-bond acceptors (Lipinski definition) is 3. The first kappa shape index (κ1) is 19.0. The highest BCUT2D eigenvalue weighted by molar-refractivity contribution is 6.54. The number of aliphatic imine (C=N–C) groups is 1. The molecule has 30 heavy (non-hydrogen) atoms. The number of carbonyl (C=O) groups excluding carboxylic acids is 1. The number of carbonyl (C=O) groups is 1. The molecule has 0 aromatic heterocycles. The molecule has 1 fully saturated rings. The van der Waals surface area contributed by atoms with E-state index in [-0.39, 0.29) is 18.1 Å². The molecule has 152 valence electrons. The van der Waals surface area contributed by atoms with Gasteiger partial charge in [-0.2, -0.15) is 0 Å². The van der Waals surface area contributed by atoms with Gasteiger partial charge in [-0.3, -0.25) is 9.69 Å². The maximum Gasteiger partial charge on any atom is 0.281 e. The lowest BCUT2D eigenvalue weighted by Crippen LogP contribution is -3.17. The van der Waals surface area contributed by atoms with Crippen LogP contribution < -0.4 is 9.80 Å². The molecular weight excluding hydrogens is 374 g/mol. The Morgan fingerprint density at radius 1 is 0.967 bits per heavy atom. The number of anilines is 1. The number of morpholine rings is 1. The first-order valence-corrected chi connectivity index (χ1v) is 10.6. The lowest BCUT2D eigenvalue weighted by molar-refractivity contribution is -0.913. The minimum atomic E-state index is -0.0244. The van der Waals surface area contributed by atoms with E-state index in [4.69, 9.17) is 9.73 Å². The Balaban J connectivity index is 1.49. The Labute approximate surface area is 176 Å². The zero-order valence-electron chi connectivity index (χ0n) is 17.3. The predicted molar refractivity (Wildman–Crippen MR) is 120 cm³/mol. The van der Waals surface area contributed by atoms with Gasteiger partial charge < -0.3 is 9.64 Å². The molecule has 1 amide bonds. The highest BCUT2D eigenvalue weighted by Crippen LogP contribution is 2.31. The second-order valence-electron chi connectivity index (χ2n) is 8.32. The average molecular weight is 401 g/mol. The van der Waals surface area contributed by atoms with E-state index in [2.05, 4.69) is 32.0 Å². The van der Waals surface area contributed by atoms with Crippen molar-refractivity contribution in [2.24, 2.45) is 4.99 Å². The molecular formula is C25H26N3O2+. The number of quaternary nitrogens is 1. The van der Waals surface area contributed by atoms with E-state index < -0.39 is 0 Å². The van der Waals surface area contributed by atoms with Crippen LogP contribution in [0.4, 0.5) is 11.4 Å². The van der Waals surface area contributed by atoms with E-state index >= 15 is 0 Å². The molecule has 2 heterocycles. The minimum absolute atomic E-state index is 0.0244. The van der Waals surface area contributed by atoms with Crippen LogP contribution in [-0.2, 0) is 9.53 Å². The third-order valence-electron chi connectivity index (χ3n) is 5.87. The lowest BCUT2D eigenvalue weighted by atomic mass is 10.1. The summed E-state index contributed by atoms with van der Waals surface area (Å²) in [6, 6.07) is 22.2. The molecule has 0 saturated carbocycles. The van der Waals surface area contributed by atoms with Gasteiger partial charge in [-0.05, 0) is 42.8 Å². The monoisotopic (exact) mass is 400 g/mol. The largest absolute Gasteiger partial charge is 0.364 e. The van der Waals surface area contributed by atoms with Crippen molar-refractivity contribution in [3.63, 3.8) is 0 Å². The molecule has 2 atom stereocenters. The topological polar surface area (TPSA) is 46.3 Å². The molecule has 0 bridgehead atoms. The zero-order chi connectivity index (χ0) is 20.7. The summed E-state index contributed by atoms with van der Waals surface area (Å²) < 4.78 is 5.86. The van der Waals surface area contributed by atoms with Crippen molar-refractivity contribution < 1.29 is 14.4 Å². The van der Waals surface area contributed by atoms with E-state index in [1.165, 1.54) is 10.3 Å². The molecule has 3 aromatic rings. The van der Waals surface area contributed by atoms with Gasteiger partial charge in [0, 0.05) is 5.56 Å². The summed E-state index contributed by atoms with van der Waals surface area (Å²) in [4.78, 5) is 21.5. The molecule has 5 rings (SSSR count). The molecule has 0 spiro atoms. The summed E-state index contributed by atoms with van der Waals surface area (Å²) in [7, 11) is 0. The number of amides is 1. The van der Waals surface area contributed by atoms with Crippen molar-refractivity contribution >= 4 is 33.8 Å². The van der Waals surface area contributed by atoms with E-state index in [1.807, 2.05) is 53.4 Å². The van der Waals surface area contributed by atoms with Crippen molar-refractivity contribution in [2.75, 3.05) is 24.7 Å². The van der Waals surface area contributed by atoms with Crippen molar-refractivity contribution in [3.8, 4) is 0 Å². The molecule has 0 unspecified atom stereocenters. The Hall–Kier alpha value is -3.02. The summed E-state index contributed by atoms with van der Waals surface area (Å²) in [5, 5.41) is 2.29. The first-order valence-electron chi connectivity index (χ1n) is 10.6. The van der Waals surface area contributed by atoms with Crippen LogP contribution in [0.1, 0.15) is 19.4 Å². The number of hydrogen-bond donors (Lipinski definition) is 1. The van der Waals surface area contributed by atoms with Gasteiger partial charge >= 0.3 is 0 Å². The minimum Gasteiger partial charge on any atom is -0.364 e. The standard InChI is InChI=1S/C25H25N3O2/c1-17-14-27(15-18(2)30-17)16-28-23-10-6-5-9-22(23)24(25(28)29)26-21-12-11-19-7-3-4-8-20(19)13-21/h3-13,17-18H,14-16H2,1-2H3/p+1/t17-,18-/m1/s1. The predicted octanol–water partition coefficient (Wildman–Crippen LogP) is 2.96. The van der Waals surface area contributed by atoms with E-state index in [9.17, 15) is 4.79 Å². The smallest absolute Gasteiger partial charge is 0.281 e. The zero-order valence-corrected chi connectivity index (χ0v) is 17.3.